The number of benzene rings is 3. The van der Waals surface area contributed by atoms with Gasteiger partial charge in [-0.1, -0.05) is 48.0 Å². The number of carbonyl (C=O) groups is 1. The highest BCUT2D eigenvalue weighted by atomic mass is 35.5. The highest BCUT2D eigenvalue weighted by molar-refractivity contribution is 6.30. The summed E-state index contributed by atoms with van der Waals surface area (Å²) in [6.45, 7) is 5.28. The highest BCUT2D eigenvalue weighted by Crippen LogP contribution is 2.21. The van der Waals surface area contributed by atoms with Crippen molar-refractivity contribution in [3.63, 3.8) is 0 Å². The van der Waals surface area contributed by atoms with Gasteiger partial charge in [-0.15, -0.1) is 0 Å². The summed E-state index contributed by atoms with van der Waals surface area (Å²) in [7, 11) is 1.67. The van der Waals surface area contributed by atoms with Crippen molar-refractivity contribution < 1.29 is 9.53 Å². The van der Waals surface area contributed by atoms with Gasteiger partial charge in [0.25, 0.3) is 5.91 Å². The maximum Gasteiger partial charge on any atom is 0.251 e. The third-order valence-corrected chi connectivity index (χ3v) is 6.25. The van der Waals surface area contributed by atoms with E-state index < -0.39 is 0 Å². The second-order valence-electron chi connectivity index (χ2n) is 8.26. The number of halogens is 1. The molecule has 1 fully saturated rings. The summed E-state index contributed by atoms with van der Waals surface area (Å²) in [6.07, 6.45) is 0.729. The molecule has 1 amide bonds. The first-order valence-electron chi connectivity index (χ1n) is 11.3. The Labute approximate surface area is 200 Å². The second-order valence-corrected chi connectivity index (χ2v) is 8.70. The number of methoxy groups -OCH3 is 1. The molecule has 1 saturated heterocycles. The van der Waals surface area contributed by atoms with Gasteiger partial charge in [-0.25, -0.2) is 0 Å². The fourth-order valence-electron chi connectivity index (χ4n) is 4.23. The summed E-state index contributed by atoms with van der Waals surface area (Å²) in [5.41, 5.74) is 4.12. The van der Waals surface area contributed by atoms with Crippen molar-refractivity contribution >= 4 is 23.2 Å². The largest absolute Gasteiger partial charge is 0.496 e. The maximum atomic E-state index is 12.7. The normalized spacial score (nSPS) is 14.2. The van der Waals surface area contributed by atoms with E-state index in [0.717, 1.165) is 61.0 Å². The molecule has 33 heavy (non-hydrogen) atoms. The minimum Gasteiger partial charge on any atom is -0.496 e. The molecule has 3 aromatic rings. The third kappa shape index (κ3) is 6.28. The van der Waals surface area contributed by atoms with E-state index in [1.807, 2.05) is 60.7 Å². The molecular formula is C27H30ClN3O2. The predicted octanol–water partition coefficient (Wildman–Crippen LogP) is 4.64. The highest BCUT2D eigenvalue weighted by Gasteiger charge is 2.18. The van der Waals surface area contributed by atoms with Gasteiger partial charge in [0.15, 0.2) is 0 Å². The number of ether oxygens (including phenoxy) is 1. The molecule has 3 aromatic carbocycles. The zero-order chi connectivity index (χ0) is 23.0. The number of carbonyl (C=O) groups excluding carboxylic acids is 1. The number of hydrogen-bond donors (Lipinski definition) is 1. The molecule has 4 rings (SSSR count). The molecule has 0 radical (unpaired) electrons. The van der Waals surface area contributed by atoms with Gasteiger partial charge in [-0.05, 0) is 53.9 Å². The minimum atomic E-state index is -0.0440. The Kier molecular flexibility index (Phi) is 7.87. The number of hydrogen-bond acceptors (Lipinski definition) is 4. The van der Waals surface area contributed by atoms with Crippen LogP contribution in [0.5, 0.6) is 5.75 Å². The van der Waals surface area contributed by atoms with E-state index in [1.165, 1.54) is 5.69 Å². The zero-order valence-electron chi connectivity index (χ0n) is 19.0. The van der Waals surface area contributed by atoms with Crippen LogP contribution >= 0.6 is 11.6 Å². The van der Waals surface area contributed by atoms with Crippen molar-refractivity contribution in [2.75, 3.05) is 44.7 Å². The first-order chi connectivity index (χ1) is 16.1. The molecule has 0 unspecified atom stereocenters. The van der Waals surface area contributed by atoms with Crippen LogP contribution in [0.1, 0.15) is 21.5 Å². The Bertz CT molecular complexity index is 1080. The van der Waals surface area contributed by atoms with Gasteiger partial charge in [0.05, 0.1) is 7.11 Å². The van der Waals surface area contributed by atoms with Gasteiger partial charge in [-0.2, -0.15) is 0 Å². The fourth-order valence-corrected chi connectivity index (χ4v) is 4.41. The van der Waals surface area contributed by atoms with E-state index >= 15 is 0 Å². The van der Waals surface area contributed by atoms with E-state index in [9.17, 15) is 4.79 Å². The van der Waals surface area contributed by atoms with Gasteiger partial charge in [0.2, 0.25) is 0 Å². The van der Waals surface area contributed by atoms with Crippen LogP contribution in [-0.2, 0) is 13.0 Å². The molecule has 0 aliphatic carbocycles. The summed E-state index contributed by atoms with van der Waals surface area (Å²) < 4.78 is 5.39. The Morgan fingerprint density at radius 3 is 2.55 bits per heavy atom. The summed E-state index contributed by atoms with van der Waals surface area (Å²) >= 11 is 6.14. The SMILES string of the molecule is COc1ccccc1CCNC(=O)c1cccc(CN2CCN(c3cccc(Cl)c3)CC2)c1. The molecule has 0 atom stereocenters. The van der Waals surface area contributed by atoms with Crippen LogP contribution in [0.4, 0.5) is 5.69 Å². The van der Waals surface area contributed by atoms with Gasteiger partial charge in [0, 0.05) is 55.5 Å². The van der Waals surface area contributed by atoms with Crippen molar-refractivity contribution in [3.8, 4) is 5.75 Å². The number of piperazine rings is 1. The molecule has 1 heterocycles. The molecule has 172 valence electrons. The summed E-state index contributed by atoms with van der Waals surface area (Å²) in [5, 5.41) is 3.80. The summed E-state index contributed by atoms with van der Waals surface area (Å²) in [6, 6.07) is 23.9. The van der Waals surface area contributed by atoms with Crippen LogP contribution < -0.4 is 15.0 Å². The number of anilines is 1. The van der Waals surface area contributed by atoms with Crippen LogP contribution in [0.2, 0.25) is 5.02 Å². The Morgan fingerprint density at radius 1 is 0.970 bits per heavy atom. The van der Waals surface area contributed by atoms with Crippen LogP contribution in [0.15, 0.2) is 72.8 Å². The van der Waals surface area contributed by atoms with Crippen molar-refractivity contribution in [2.45, 2.75) is 13.0 Å². The molecule has 1 N–H and O–H groups in total. The van der Waals surface area contributed by atoms with Crippen LogP contribution in [0, 0.1) is 0 Å². The molecular weight excluding hydrogens is 434 g/mol. The van der Waals surface area contributed by atoms with Gasteiger partial charge < -0.3 is 15.0 Å². The standard InChI is InChI=1S/C27H30ClN3O2/c1-33-26-11-3-2-7-22(26)12-13-29-27(32)23-8-4-6-21(18-23)20-30-14-16-31(17-15-30)25-10-5-9-24(28)19-25/h2-11,18-19H,12-17,20H2,1H3,(H,29,32). The van der Waals surface area contributed by atoms with Crippen LogP contribution in [0.25, 0.3) is 0 Å². The van der Waals surface area contributed by atoms with Crippen LogP contribution in [-0.4, -0.2) is 50.6 Å². The topological polar surface area (TPSA) is 44.8 Å². The third-order valence-electron chi connectivity index (χ3n) is 6.01. The molecule has 0 bridgehead atoms. The average molecular weight is 464 g/mol. The minimum absolute atomic E-state index is 0.0440. The number of nitrogens with one attached hydrogen (secondary N) is 1. The summed E-state index contributed by atoms with van der Waals surface area (Å²) in [4.78, 5) is 17.5. The number of nitrogens with zero attached hydrogens (tertiary/aromatic N) is 2. The van der Waals surface area contributed by atoms with Gasteiger partial charge >= 0.3 is 0 Å². The Hall–Kier alpha value is -3.02. The van der Waals surface area contributed by atoms with E-state index in [4.69, 9.17) is 16.3 Å². The lowest BCUT2D eigenvalue weighted by Gasteiger charge is -2.36. The maximum absolute atomic E-state index is 12.7. The Morgan fingerprint density at radius 2 is 1.76 bits per heavy atom. The van der Waals surface area contributed by atoms with E-state index in [-0.39, 0.29) is 5.91 Å². The number of rotatable bonds is 8. The zero-order valence-corrected chi connectivity index (χ0v) is 19.7. The van der Waals surface area contributed by atoms with Crippen molar-refractivity contribution in [1.29, 1.82) is 0 Å². The monoisotopic (exact) mass is 463 g/mol. The number of amides is 1. The van der Waals surface area contributed by atoms with Crippen molar-refractivity contribution in [1.82, 2.24) is 10.2 Å². The lowest BCUT2D eigenvalue weighted by molar-refractivity contribution is 0.0954. The van der Waals surface area contributed by atoms with Gasteiger partial charge in [0.1, 0.15) is 5.75 Å². The molecule has 0 saturated carbocycles. The van der Waals surface area contributed by atoms with E-state index in [0.29, 0.717) is 12.1 Å². The van der Waals surface area contributed by atoms with E-state index in [1.54, 1.807) is 7.11 Å². The lowest BCUT2D eigenvalue weighted by Crippen LogP contribution is -2.46. The lowest BCUT2D eigenvalue weighted by atomic mass is 10.1. The molecule has 1 aliphatic rings. The van der Waals surface area contributed by atoms with Crippen LogP contribution in [0.3, 0.4) is 0 Å². The molecule has 0 spiro atoms. The quantitative estimate of drug-likeness (QED) is 0.528. The average Bonchev–Trinajstić information content (AvgIpc) is 2.85. The van der Waals surface area contributed by atoms with Crippen molar-refractivity contribution in [3.05, 3.63) is 94.5 Å². The molecule has 6 heteroatoms. The summed E-state index contributed by atoms with van der Waals surface area (Å²) in [5.74, 6) is 0.807. The molecule has 0 aromatic heterocycles. The second kappa shape index (κ2) is 11.2. The first kappa shape index (κ1) is 23.1. The predicted molar refractivity (Wildman–Crippen MR) is 134 cm³/mol. The first-order valence-corrected chi connectivity index (χ1v) is 11.7. The Balaban J connectivity index is 1.27. The molecule has 5 nitrogen and oxygen atoms in total. The van der Waals surface area contributed by atoms with Gasteiger partial charge in [-0.3, -0.25) is 9.69 Å². The van der Waals surface area contributed by atoms with Crippen molar-refractivity contribution in [2.24, 2.45) is 0 Å². The molecule has 1 aliphatic heterocycles. The number of para-hydroxylation sites is 1. The smallest absolute Gasteiger partial charge is 0.251 e. The van der Waals surface area contributed by atoms with E-state index in [2.05, 4.69) is 27.2 Å². The fraction of sp³-hybridized carbons (Fsp3) is 0.296.